The minimum Gasteiger partial charge on any atom is -0.475 e. The van der Waals surface area contributed by atoms with E-state index in [1.807, 2.05) is 51.9 Å². The van der Waals surface area contributed by atoms with E-state index in [9.17, 15) is 22.8 Å². The second kappa shape index (κ2) is 8.78. The summed E-state index contributed by atoms with van der Waals surface area (Å²) in [5.74, 6) is -2.58. The Labute approximate surface area is 175 Å². The van der Waals surface area contributed by atoms with Crippen LogP contribution in [-0.2, 0) is 16.6 Å². The number of carboxylic acids is 1. The summed E-state index contributed by atoms with van der Waals surface area (Å²) in [6.45, 7) is 0.684. The molecule has 11 heteroatoms. The molecule has 4 heterocycles. The van der Waals surface area contributed by atoms with Gasteiger partial charge in [0.05, 0.1) is 24.0 Å². The second-order valence-corrected chi connectivity index (χ2v) is 7.24. The largest absolute Gasteiger partial charge is 0.490 e. The fraction of sp³-hybridized carbons (Fsp3) is 0.400. The highest BCUT2D eigenvalue weighted by molar-refractivity contribution is 5.97. The Balaban J connectivity index is 0.000000339. The molecule has 166 valence electrons. The van der Waals surface area contributed by atoms with Crippen molar-refractivity contribution in [2.75, 3.05) is 11.4 Å². The lowest BCUT2D eigenvalue weighted by atomic mass is 9.95. The van der Waals surface area contributed by atoms with Gasteiger partial charge >= 0.3 is 12.1 Å². The van der Waals surface area contributed by atoms with Crippen LogP contribution in [-0.4, -0.2) is 62.1 Å². The summed E-state index contributed by atoms with van der Waals surface area (Å²) < 4.78 is 33.6. The van der Waals surface area contributed by atoms with Gasteiger partial charge in [0.25, 0.3) is 5.91 Å². The lowest BCUT2D eigenvalue weighted by molar-refractivity contribution is -0.192. The van der Waals surface area contributed by atoms with E-state index in [1.54, 1.807) is 12.4 Å². The Bertz CT molecular complexity index is 961. The number of alkyl halides is 3. The fourth-order valence-electron chi connectivity index (χ4n) is 3.98. The SMILES string of the molecule is Cn1cccc1C(=O)N1CC[C@H]2[C@@H]1CCC(=O)N2c1cccnc1.O=C(O)C(F)(F)F. The highest BCUT2D eigenvalue weighted by atomic mass is 19.4. The van der Waals surface area contributed by atoms with Gasteiger partial charge in [0, 0.05) is 32.4 Å². The smallest absolute Gasteiger partial charge is 0.475 e. The number of aliphatic carboxylic acids is 1. The van der Waals surface area contributed by atoms with Crippen LogP contribution < -0.4 is 4.90 Å². The third-order valence-electron chi connectivity index (χ3n) is 5.35. The van der Waals surface area contributed by atoms with Crippen LogP contribution in [0.3, 0.4) is 0 Å². The normalized spacial score (nSPS) is 20.7. The molecule has 0 bridgehead atoms. The van der Waals surface area contributed by atoms with Crippen molar-refractivity contribution in [1.82, 2.24) is 14.5 Å². The van der Waals surface area contributed by atoms with E-state index in [4.69, 9.17) is 9.90 Å². The molecule has 31 heavy (non-hydrogen) atoms. The van der Waals surface area contributed by atoms with Gasteiger partial charge in [-0.1, -0.05) is 0 Å². The third kappa shape index (κ3) is 4.70. The first kappa shape index (κ1) is 22.3. The highest BCUT2D eigenvalue weighted by Crippen LogP contribution is 2.35. The molecular weight excluding hydrogens is 417 g/mol. The number of hydrogen-bond donors (Lipinski definition) is 1. The van der Waals surface area contributed by atoms with E-state index in [-0.39, 0.29) is 23.9 Å². The number of pyridine rings is 1. The van der Waals surface area contributed by atoms with Gasteiger partial charge in [0.15, 0.2) is 0 Å². The first-order valence-corrected chi connectivity index (χ1v) is 9.55. The molecule has 2 fully saturated rings. The zero-order valence-electron chi connectivity index (χ0n) is 16.6. The zero-order valence-corrected chi connectivity index (χ0v) is 16.6. The predicted octanol–water partition coefficient (Wildman–Crippen LogP) is 2.46. The van der Waals surface area contributed by atoms with Crippen molar-refractivity contribution in [1.29, 1.82) is 0 Å². The van der Waals surface area contributed by atoms with Crippen LogP contribution in [0.5, 0.6) is 0 Å². The van der Waals surface area contributed by atoms with E-state index in [1.165, 1.54) is 0 Å². The minimum absolute atomic E-state index is 0.0414. The number of nitrogens with zero attached hydrogens (tertiary/aromatic N) is 4. The number of hydrogen-bond acceptors (Lipinski definition) is 4. The molecule has 4 rings (SSSR count). The first-order valence-electron chi connectivity index (χ1n) is 9.55. The average Bonchev–Trinajstić information content (AvgIpc) is 3.34. The van der Waals surface area contributed by atoms with Gasteiger partial charge in [0.1, 0.15) is 5.69 Å². The summed E-state index contributed by atoms with van der Waals surface area (Å²) in [5.41, 5.74) is 1.52. The van der Waals surface area contributed by atoms with Crippen molar-refractivity contribution in [2.24, 2.45) is 7.05 Å². The van der Waals surface area contributed by atoms with Crippen molar-refractivity contribution in [2.45, 2.75) is 37.5 Å². The van der Waals surface area contributed by atoms with Crippen LogP contribution in [0.25, 0.3) is 0 Å². The molecule has 2 aromatic rings. The Kier molecular flexibility index (Phi) is 6.32. The summed E-state index contributed by atoms with van der Waals surface area (Å²) in [6.07, 6.45) is 2.23. The average molecular weight is 438 g/mol. The summed E-state index contributed by atoms with van der Waals surface area (Å²) >= 11 is 0. The zero-order chi connectivity index (χ0) is 22.8. The van der Waals surface area contributed by atoms with E-state index in [0.29, 0.717) is 18.7 Å². The molecule has 2 atom stereocenters. The standard InChI is InChI=1S/C18H20N4O2.C2HF3O2/c1-20-10-3-5-16(20)18(24)21-11-8-15-14(21)6-7-17(23)22(15)13-4-2-9-19-12-13;3-2(4,5)1(6)7/h2-5,9-10,12,14-15H,6-8,11H2,1H3;(H,6,7)/t14-,15-;/m0./s1. The number of halogens is 3. The molecule has 0 saturated carbocycles. The fourth-order valence-corrected chi connectivity index (χ4v) is 3.98. The quantitative estimate of drug-likeness (QED) is 0.777. The van der Waals surface area contributed by atoms with Crippen LogP contribution in [0.4, 0.5) is 18.9 Å². The monoisotopic (exact) mass is 438 g/mol. The van der Waals surface area contributed by atoms with E-state index < -0.39 is 12.1 Å². The van der Waals surface area contributed by atoms with Gasteiger partial charge in [-0.15, -0.1) is 0 Å². The van der Waals surface area contributed by atoms with Gasteiger partial charge in [-0.3, -0.25) is 14.6 Å². The number of aryl methyl sites for hydroxylation is 1. The second-order valence-electron chi connectivity index (χ2n) is 7.24. The number of carboxylic acid groups (broad SMARTS) is 1. The molecular formula is C20H21F3N4O4. The van der Waals surface area contributed by atoms with Crippen molar-refractivity contribution in [3.05, 3.63) is 48.5 Å². The summed E-state index contributed by atoms with van der Waals surface area (Å²) in [7, 11) is 1.88. The summed E-state index contributed by atoms with van der Waals surface area (Å²) in [6, 6.07) is 7.60. The number of likely N-dealkylation sites (tertiary alicyclic amines) is 1. The van der Waals surface area contributed by atoms with Crippen LogP contribution >= 0.6 is 0 Å². The molecule has 2 aliphatic heterocycles. The molecule has 8 nitrogen and oxygen atoms in total. The molecule has 1 N–H and O–H groups in total. The maximum atomic E-state index is 12.9. The van der Waals surface area contributed by atoms with Gasteiger partial charge in [0.2, 0.25) is 5.91 Å². The number of carbonyl (C=O) groups excluding carboxylic acids is 2. The number of rotatable bonds is 2. The van der Waals surface area contributed by atoms with Gasteiger partial charge in [-0.25, -0.2) is 4.79 Å². The van der Waals surface area contributed by atoms with Crippen molar-refractivity contribution < 1.29 is 32.7 Å². The number of fused-ring (bicyclic) bond motifs is 1. The number of anilines is 1. The van der Waals surface area contributed by atoms with E-state index in [0.717, 1.165) is 18.5 Å². The topological polar surface area (TPSA) is 95.7 Å². The lowest BCUT2D eigenvalue weighted by Gasteiger charge is -2.39. The van der Waals surface area contributed by atoms with Crippen molar-refractivity contribution in [3.8, 4) is 0 Å². The number of aromatic nitrogens is 2. The van der Waals surface area contributed by atoms with E-state index in [2.05, 4.69) is 4.98 Å². The summed E-state index contributed by atoms with van der Waals surface area (Å²) in [4.78, 5) is 42.2. The Hall–Kier alpha value is -3.37. The molecule has 0 aliphatic carbocycles. The molecule has 0 radical (unpaired) electrons. The number of carbonyl (C=O) groups is 3. The van der Waals surface area contributed by atoms with Crippen LogP contribution in [0, 0.1) is 0 Å². The van der Waals surface area contributed by atoms with Gasteiger partial charge < -0.3 is 19.5 Å². The first-order chi connectivity index (χ1) is 14.6. The van der Waals surface area contributed by atoms with Crippen LogP contribution in [0.1, 0.15) is 29.8 Å². The van der Waals surface area contributed by atoms with E-state index >= 15 is 0 Å². The van der Waals surface area contributed by atoms with Crippen molar-refractivity contribution in [3.63, 3.8) is 0 Å². The molecule has 2 aromatic heterocycles. The Morgan fingerprint density at radius 1 is 1.16 bits per heavy atom. The summed E-state index contributed by atoms with van der Waals surface area (Å²) in [5, 5.41) is 7.12. The molecule has 0 unspecified atom stereocenters. The third-order valence-corrected chi connectivity index (χ3v) is 5.35. The van der Waals surface area contributed by atoms with Gasteiger partial charge in [-0.05, 0) is 37.1 Å². The van der Waals surface area contributed by atoms with Crippen LogP contribution in [0.2, 0.25) is 0 Å². The molecule has 0 spiro atoms. The lowest BCUT2D eigenvalue weighted by Crippen LogP contribution is -2.53. The molecule has 2 amide bonds. The maximum absolute atomic E-state index is 12.9. The maximum Gasteiger partial charge on any atom is 0.490 e. The number of piperidine rings is 1. The minimum atomic E-state index is -5.08. The molecule has 0 aromatic carbocycles. The number of amides is 2. The Morgan fingerprint density at radius 2 is 1.87 bits per heavy atom. The Morgan fingerprint density at radius 3 is 2.42 bits per heavy atom. The van der Waals surface area contributed by atoms with Crippen LogP contribution in [0.15, 0.2) is 42.9 Å². The molecule has 2 saturated heterocycles. The predicted molar refractivity (Wildman–Crippen MR) is 103 cm³/mol. The van der Waals surface area contributed by atoms with Crippen molar-refractivity contribution >= 4 is 23.5 Å². The highest BCUT2D eigenvalue weighted by Gasteiger charge is 2.45. The van der Waals surface area contributed by atoms with Gasteiger partial charge in [-0.2, -0.15) is 13.2 Å². The molecule has 2 aliphatic rings.